The molecule has 102 valence electrons. The van der Waals surface area contributed by atoms with Crippen molar-refractivity contribution in [3.05, 3.63) is 23.9 Å². The molecule has 2 heterocycles. The van der Waals surface area contributed by atoms with Crippen molar-refractivity contribution in [1.29, 1.82) is 0 Å². The van der Waals surface area contributed by atoms with Crippen LogP contribution in [-0.2, 0) is 0 Å². The summed E-state index contributed by atoms with van der Waals surface area (Å²) in [6.45, 7) is 3.80. The van der Waals surface area contributed by atoms with E-state index in [1.165, 1.54) is 38.5 Å². The van der Waals surface area contributed by atoms with Crippen molar-refractivity contribution >= 4 is 11.6 Å². The Kier molecular flexibility index (Phi) is 3.29. The second-order valence-corrected chi connectivity index (χ2v) is 6.15. The highest BCUT2D eigenvalue weighted by atomic mass is 16.1. The quantitative estimate of drug-likeness (QED) is 0.762. The predicted molar refractivity (Wildman–Crippen MR) is 76.6 cm³/mol. The lowest BCUT2D eigenvalue weighted by Gasteiger charge is -2.40. The topological polar surface area (TPSA) is 33.2 Å². The molecule has 19 heavy (non-hydrogen) atoms. The molecule has 1 aliphatic carbocycles. The van der Waals surface area contributed by atoms with E-state index in [2.05, 4.69) is 9.88 Å². The van der Waals surface area contributed by atoms with Crippen LogP contribution in [0.2, 0.25) is 0 Å². The maximum absolute atomic E-state index is 11.4. The Labute approximate surface area is 115 Å². The number of carbonyl (C=O) groups excluding carboxylic acids is 1. The summed E-state index contributed by atoms with van der Waals surface area (Å²) in [5, 5.41) is 0. The molecule has 1 saturated heterocycles. The fourth-order valence-electron chi connectivity index (χ4n) is 3.65. The standard InChI is InChI=1S/C16H22N2O/c1-13(19)14-4-9-17-15(12-14)18-10-7-16(8-11-18)5-2-3-6-16/h4,9,12H,2-3,5-8,10-11H2,1H3. The molecular weight excluding hydrogens is 236 g/mol. The van der Waals surface area contributed by atoms with Gasteiger partial charge in [0.15, 0.2) is 5.78 Å². The number of Topliss-reactive ketones (excluding diaryl/α,β-unsaturated/α-hetero) is 1. The first kappa shape index (κ1) is 12.6. The first-order valence-corrected chi connectivity index (χ1v) is 7.41. The Bertz CT molecular complexity index is 467. The number of aromatic nitrogens is 1. The Morgan fingerprint density at radius 3 is 2.53 bits per heavy atom. The first-order valence-electron chi connectivity index (χ1n) is 7.41. The Balaban J connectivity index is 1.71. The zero-order chi connectivity index (χ0) is 13.3. The van der Waals surface area contributed by atoms with Crippen molar-refractivity contribution in [1.82, 2.24) is 4.98 Å². The van der Waals surface area contributed by atoms with Gasteiger partial charge in [0.2, 0.25) is 0 Å². The Hall–Kier alpha value is -1.38. The molecule has 0 radical (unpaired) electrons. The summed E-state index contributed by atoms with van der Waals surface area (Å²) in [6.07, 6.45) is 10.0. The number of rotatable bonds is 2. The monoisotopic (exact) mass is 258 g/mol. The number of hydrogen-bond acceptors (Lipinski definition) is 3. The van der Waals surface area contributed by atoms with Gasteiger partial charge in [0, 0.05) is 24.8 Å². The van der Waals surface area contributed by atoms with Crippen LogP contribution in [0.5, 0.6) is 0 Å². The van der Waals surface area contributed by atoms with Gasteiger partial charge in [-0.3, -0.25) is 4.79 Å². The van der Waals surface area contributed by atoms with E-state index in [4.69, 9.17) is 0 Å². The predicted octanol–water partition coefficient (Wildman–Crippen LogP) is 3.44. The summed E-state index contributed by atoms with van der Waals surface area (Å²) < 4.78 is 0. The van der Waals surface area contributed by atoms with E-state index in [1.807, 2.05) is 6.07 Å². The molecular formula is C16H22N2O. The minimum atomic E-state index is 0.118. The van der Waals surface area contributed by atoms with Gasteiger partial charge in [-0.15, -0.1) is 0 Å². The van der Waals surface area contributed by atoms with Crippen molar-refractivity contribution in [2.75, 3.05) is 18.0 Å². The van der Waals surface area contributed by atoms with Crippen LogP contribution in [0.3, 0.4) is 0 Å². The molecule has 0 unspecified atom stereocenters. The highest BCUT2D eigenvalue weighted by Crippen LogP contribution is 2.46. The number of nitrogens with zero attached hydrogens (tertiary/aromatic N) is 2. The number of carbonyl (C=O) groups is 1. The van der Waals surface area contributed by atoms with Crippen molar-refractivity contribution < 1.29 is 4.79 Å². The summed E-state index contributed by atoms with van der Waals surface area (Å²) in [6, 6.07) is 3.74. The molecule has 1 aromatic heterocycles. The smallest absolute Gasteiger partial charge is 0.159 e. The molecule has 1 saturated carbocycles. The van der Waals surface area contributed by atoms with E-state index in [0.717, 1.165) is 24.5 Å². The molecule has 0 aromatic carbocycles. The van der Waals surface area contributed by atoms with Gasteiger partial charge in [-0.2, -0.15) is 0 Å². The third kappa shape index (κ3) is 2.51. The van der Waals surface area contributed by atoms with Gasteiger partial charge < -0.3 is 4.90 Å². The SMILES string of the molecule is CC(=O)c1ccnc(N2CCC3(CCCC3)CC2)c1. The molecule has 0 N–H and O–H groups in total. The lowest BCUT2D eigenvalue weighted by Crippen LogP contribution is -2.39. The molecule has 3 nitrogen and oxygen atoms in total. The van der Waals surface area contributed by atoms with Gasteiger partial charge in [0.1, 0.15) is 5.82 Å². The van der Waals surface area contributed by atoms with E-state index in [-0.39, 0.29) is 5.78 Å². The average Bonchev–Trinajstić information content (AvgIpc) is 2.88. The zero-order valence-electron chi connectivity index (χ0n) is 11.7. The second-order valence-electron chi connectivity index (χ2n) is 6.15. The minimum Gasteiger partial charge on any atom is -0.357 e. The van der Waals surface area contributed by atoms with Gasteiger partial charge in [-0.05, 0) is 50.2 Å². The Morgan fingerprint density at radius 1 is 1.21 bits per heavy atom. The third-order valence-electron chi connectivity index (χ3n) is 4.96. The largest absolute Gasteiger partial charge is 0.357 e. The molecule has 2 fully saturated rings. The van der Waals surface area contributed by atoms with Gasteiger partial charge >= 0.3 is 0 Å². The van der Waals surface area contributed by atoms with Gasteiger partial charge in [0.25, 0.3) is 0 Å². The molecule has 1 spiro atoms. The summed E-state index contributed by atoms with van der Waals surface area (Å²) >= 11 is 0. The molecule has 1 aliphatic heterocycles. The van der Waals surface area contributed by atoms with E-state index in [9.17, 15) is 4.79 Å². The lowest BCUT2D eigenvalue weighted by molar-refractivity contribution is 0.101. The van der Waals surface area contributed by atoms with E-state index >= 15 is 0 Å². The molecule has 0 amide bonds. The van der Waals surface area contributed by atoms with Gasteiger partial charge in [0.05, 0.1) is 0 Å². The molecule has 0 atom stereocenters. The van der Waals surface area contributed by atoms with Crippen LogP contribution in [0.25, 0.3) is 0 Å². The van der Waals surface area contributed by atoms with Crippen molar-refractivity contribution in [3.8, 4) is 0 Å². The Morgan fingerprint density at radius 2 is 1.89 bits per heavy atom. The lowest BCUT2D eigenvalue weighted by atomic mass is 9.77. The van der Waals surface area contributed by atoms with Crippen LogP contribution < -0.4 is 4.90 Å². The molecule has 3 rings (SSSR count). The first-order chi connectivity index (χ1) is 9.19. The van der Waals surface area contributed by atoms with Crippen LogP contribution in [0.4, 0.5) is 5.82 Å². The van der Waals surface area contributed by atoms with Crippen LogP contribution in [0.1, 0.15) is 55.8 Å². The van der Waals surface area contributed by atoms with Crippen molar-refractivity contribution in [3.63, 3.8) is 0 Å². The molecule has 2 aliphatic rings. The number of piperidine rings is 1. The van der Waals surface area contributed by atoms with Crippen LogP contribution >= 0.6 is 0 Å². The summed E-state index contributed by atoms with van der Waals surface area (Å²) in [5.41, 5.74) is 1.40. The van der Waals surface area contributed by atoms with E-state index < -0.39 is 0 Å². The number of ketones is 1. The maximum atomic E-state index is 11.4. The van der Waals surface area contributed by atoms with E-state index in [1.54, 1.807) is 19.2 Å². The third-order valence-corrected chi connectivity index (χ3v) is 4.96. The average molecular weight is 258 g/mol. The fraction of sp³-hybridized carbons (Fsp3) is 0.625. The summed E-state index contributed by atoms with van der Waals surface area (Å²) in [5.74, 6) is 1.09. The van der Waals surface area contributed by atoms with Crippen LogP contribution in [-0.4, -0.2) is 23.9 Å². The summed E-state index contributed by atoms with van der Waals surface area (Å²) in [4.78, 5) is 18.2. The van der Waals surface area contributed by atoms with Crippen LogP contribution in [0, 0.1) is 5.41 Å². The van der Waals surface area contributed by atoms with Crippen molar-refractivity contribution in [2.45, 2.75) is 45.4 Å². The maximum Gasteiger partial charge on any atom is 0.159 e. The number of pyridine rings is 1. The molecule has 3 heteroatoms. The highest BCUT2D eigenvalue weighted by molar-refractivity contribution is 5.94. The van der Waals surface area contributed by atoms with E-state index in [0.29, 0.717) is 5.41 Å². The van der Waals surface area contributed by atoms with Gasteiger partial charge in [-0.25, -0.2) is 4.98 Å². The zero-order valence-corrected chi connectivity index (χ0v) is 11.7. The minimum absolute atomic E-state index is 0.118. The number of hydrogen-bond donors (Lipinski definition) is 0. The fourth-order valence-corrected chi connectivity index (χ4v) is 3.65. The summed E-state index contributed by atoms with van der Waals surface area (Å²) in [7, 11) is 0. The normalized spacial score (nSPS) is 21.8. The second kappa shape index (κ2) is 4.95. The molecule has 1 aromatic rings. The highest BCUT2D eigenvalue weighted by Gasteiger charge is 2.37. The van der Waals surface area contributed by atoms with Gasteiger partial charge in [-0.1, -0.05) is 12.8 Å². The number of anilines is 1. The van der Waals surface area contributed by atoms with Crippen molar-refractivity contribution in [2.24, 2.45) is 5.41 Å². The van der Waals surface area contributed by atoms with Crippen LogP contribution in [0.15, 0.2) is 18.3 Å². The molecule has 0 bridgehead atoms.